The van der Waals surface area contributed by atoms with Crippen LogP contribution in [0.4, 0.5) is 42.8 Å². The van der Waals surface area contributed by atoms with Crippen LogP contribution in [0.1, 0.15) is 73.4 Å². The molecule has 7 aromatic carbocycles. The Morgan fingerprint density at radius 1 is 0.626 bits per heavy atom. The molecule has 9 amide bonds. The highest BCUT2D eigenvalue weighted by Crippen LogP contribution is 2.45. The normalized spacial score (nSPS) is 16.2. The fourth-order valence-electron chi connectivity index (χ4n) is 11.7. The number of para-hydroxylation sites is 1. The van der Waals surface area contributed by atoms with Crippen LogP contribution in [0.25, 0.3) is 11.1 Å². The Morgan fingerprint density at radius 2 is 1.21 bits per heavy atom. The number of likely N-dealkylation sites (N-methyl/N-ethyl adjacent to an activating group) is 1. The van der Waals surface area contributed by atoms with Crippen molar-refractivity contribution in [2.45, 2.75) is 76.7 Å². The van der Waals surface area contributed by atoms with Gasteiger partial charge in [0.2, 0.25) is 29.5 Å². The maximum absolute atomic E-state index is 14.6. The molecule has 2 heterocycles. The number of fused-ring (bicyclic) bond motifs is 4. The average molecular weight is 1230 g/mol. The predicted octanol–water partition coefficient (Wildman–Crippen LogP) is 9.61. The number of nitrogens with one attached hydrogen (secondary N) is 6. The van der Waals surface area contributed by atoms with Gasteiger partial charge >= 0.3 is 18.2 Å². The molecule has 3 aliphatic rings. The number of alkyl carbamates (subject to hydrolysis) is 1. The number of nitrogens with zero attached hydrogens (tertiary/aromatic N) is 4. The quantitative estimate of drug-likeness (QED) is 0.0371. The summed E-state index contributed by atoms with van der Waals surface area (Å²) >= 11 is 0. The molecule has 21 nitrogen and oxygen atoms in total. The van der Waals surface area contributed by atoms with Crippen molar-refractivity contribution in [1.82, 2.24) is 25.8 Å². The SMILES string of the molecule is CCC(=O)N1c2ccccc2[C@H](N(C(=O)OCc2ccc(NC(=O)CNC(=O)[C@H](Cc3ccccc3)NC(=O)OCC3c4ccccc4-c4ccccc43)cc2)c2ccc(NC(=O)CNC(=O)Nc3ccc(OCCN4CCN(C)C(=O)[C@H]4C)cc3)cc2)C[C@@H]1C. The molecular weight excluding hydrogens is 1160 g/mol. The van der Waals surface area contributed by atoms with Crippen LogP contribution in [0.3, 0.4) is 0 Å². The van der Waals surface area contributed by atoms with E-state index in [1.165, 1.54) is 4.90 Å². The second-order valence-corrected chi connectivity index (χ2v) is 22.6. The van der Waals surface area contributed by atoms with Crippen LogP contribution >= 0.6 is 0 Å². The third-order valence-corrected chi connectivity index (χ3v) is 16.5. The fraction of sp³-hybridized carbons (Fsp3) is 0.286. The van der Waals surface area contributed by atoms with Crippen molar-refractivity contribution in [1.29, 1.82) is 0 Å². The summed E-state index contributed by atoms with van der Waals surface area (Å²) in [5.74, 6) is -1.15. The molecule has 1 aliphatic carbocycles. The maximum Gasteiger partial charge on any atom is 0.415 e. The molecule has 1 fully saturated rings. The lowest BCUT2D eigenvalue weighted by Gasteiger charge is -2.43. The summed E-state index contributed by atoms with van der Waals surface area (Å²) in [4.78, 5) is 114. The summed E-state index contributed by atoms with van der Waals surface area (Å²) in [5, 5.41) is 16.2. The minimum Gasteiger partial charge on any atom is -0.492 e. The minimum atomic E-state index is -1.06. The first-order chi connectivity index (χ1) is 44.1. The van der Waals surface area contributed by atoms with Crippen molar-refractivity contribution >= 4 is 76.2 Å². The first kappa shape index (κ1) is 63.5. The summed E-state index contributed by atoms with van der Waals surface area (Å²) < 4.78 is 17.7. The summed E-state index contributed by atoms with van der Waals surface area (Å²) in [6, 6.07) is 50.0. The van der Waals surface area contributed by atoms with Gasteiger partial charge < -0.3 is 55.9 Å². The van der Waals surface area contributed by atoms with Crippen LogP contribution in [0.2, 0.25) is 0 Å². The number of carbonyl (C=O) groups is 8. The van der Waals surface area contributed by atoms with E-state index in [9.17, 15) is 38.4 Å². The molecule has 6 N–H and O–H groups in total. The number of amides is 9. The van der Waals surface area contributed by atoms with Gasteiger partial charge in [0.1, 0.15) is 31.6 Å². The number of urea groups is 1. The predicted molar refractivity (Wildman–Crippen MR) is 347 cm³/mol. The van der Waals surface area contributed by atoms with Crippen molar-refractivity contribution in [3.8, 4) is 16.9 Å². The van der Waals surface area contributed by atoms with Gasteiger partial charge in [-0.2, -0.15) is 0 Å². The standard InChI is InChI=1S/C70H74N10O11/c1-5-65(83)79-45(2)39-62(58-21-13-14-22-61(58)79)80(52-31-27-50(28-32-52)74-64(82)42-72-68(86)75-51-29-33-53(34-30-51)89-38-37-78-36-35-77(4)67(85)46(78)3)70(88)91-43-48-23-25-49(26-24-48)73-63(81)41-71-66(84)60(40-47-15-7-6-8-16-47)76-69(87)90-44-59-56-19-11-9-17-54(56)55-18-10-12-20-57(55)59/h6-34,45-46,59-60,62H,5,35-44H2,1-4H3,(H,71,84)(H,73,81)(H,74,82)(H,76,87)(H2,72,75,86)/t45-,46+,60-,62+/m0/s1. The molecule has 0 bridgehead atoms. The molecule has 470 valence electrons. The zero-order valence-electron chi connectivity index (χ0n) is 51.2. The van der Waals surface area contributed by atoms with Gasteiger partial charge in [-0.1, -0.05) is 116 Å². The third kappa shape index (κ3) is 15.8. The van der Waals surface area contributed by atoms with Gasteiger partial charge in [0.05, 0.1) is 25.2 Å². The molecule has 4 atom stereocenters. The van der Waals surface area contributed by atoms with Gasteiger partial charge in [0.25, 0.3) is 0 Å². The van der Waals surface area contributed by atoms with Crippen LogP contribution < -0.4 is 46.4 Å². The Balaban J connectivity index is 0.724. The van der Waals surface area contributed by atoms with E-state index >= 15 is 0 Å². The Hall–Kier alpha value is -10.5. The first-order valence-electron chi connectivity index (χ1n) is 30.5. The lowest BCUT2D eigenvalue weighted by atomic mass is 9.90. The van der Waals surface area contributed by atoms with E-state index in [0.29, 0.717) is 65.9 Å². The van der Waals surface area contributed by atoms with Gasteiger partial charge in [-0.3, -0.25) is 33.8 Å². The van der Waals surface area contributed by atoms with Crippen LogP contribution in [-0.4, -0.2) is 129 Å². The van der Waals surface area contributed by atoms with Crippen molar-refractivity contribution in [2.24, 2.45) is 0 Å². The number of rotatable bonds is 22. The first-order valence-corrected chi connectivity index (χ1v) is 30.5. The second-order valence-electron chi connectivity index (χ2n) is 22.6. The van der Waals surface area contributed by atoms with Crippen LogP contribution in [0, 0.1) is 0 Å². The number of carbonyl (C=O) groups excluding carboxylic acids is 8. The Morgan fingerprint density at radius 3 is 1.87 bits per heavy atom. The number of benzene rings is 7. The van der Waals surface area contributed by atoms with E-state index in [0.717, 1.165) is 39.9 Å². The molecule has 7 aromatic rings. The molecular formula is C70H74N10O11. The Kier molecular flexibility index (Phi) is 20.7. The number of hydrogen-bond donors (Lipinski definition) is 6. The molecule has 0 spiro atoms. The monoisotopic (exact) mass is 1230 g/mol. The summed E-state index contributed by atoms with van der Waals surface area (Å²) in [7, 11) is 1.80. The fourth-order valence-corrected chi connectivity index (χ4v) is 11.7. The van der Waals surface area contributed by atoms with Crippen LogP contribution in [-0.2, 0) is 46.5 Å². The van der Waals surface area contributed by atoms with Crippen LogP contribution in [0.5, 0.6) is 5.75 Å². The van der Waals surface area contributed by atoms with Crippen molar-refractivity contribution in [2.75, 3.05) is 78.7 Å². The third-order valence-electron chi connectivity index (χ3n) is 16.5. The molecule has 0 unspecified atom stereocenters. The number of anilines is 5. The van der Waals surface area contributed by atoms with E-state index in [4.69, 9.17) is 14.2 Å². The van der Waals surface area contributed by atoms with Gasteiger partial charge in [-0.15, -0.1) is 0 Å². The Labute approximate surface area is 528 Å². The summed E-state index contributed by atoms with van der Waals surface area (Å²) in [5.41, 5.74) is 8.84. The van der Waals surface area contributed by atoms with Gasteiger partial charge in [0, 0.05) is 79.9 Å². The summed E-state index contributed by atoms with van der Waals surface area (Å²) in [6.45, 7) is 7.21. The van der Waals surface area contributed by atoms with E-state index in [1.54, 1.807) is 96.6 Å². The highest BCUT2D eigenvalue weighted by molar-refractivity contribution is 5.99. The van der Waals surface area contributed by atoms with Crippen LogP contribution in [0.15, 0.2) is 176 Å². The second kappa shape index (κ2) is 29.6. The van der Waals surface area contributed by atoms with E-state index in [2.05, 4.69) is 36.8 Å². The number of hydrogen-bond acceptors (Lipinski definition) is 12. The molecule has 0 saturated carbocycles. The zero-order chi connectivity index (χ0) is 64.0. The smallest absolute Gasteiger partial charge is 0.415 e. The van der Waals surface area contributed by atoms with Crippen molar-refractivity contribution in [3.05, 3.63) is 204 Å². The van der Waals surface area contributed by atoms with Gasteiger partial charge in [-0.05, 0) is 126 Å². The largest absolute Gasteiger partial charge is 0.492 e. The number of ether oxygens (including phenoxy) is 3. The van der Waals surface area contributed by atoms with E-state index in [-0.39, 0.29) is 62.4 Å². The zero-order valence-corrected chi connectivity index (χ0v) is 51.2. The number of piperazine rings is 1. The van der Waals surface area contributed by atoms with Gasteiger partial charge in [-0.25, -0.2) is 14.4 Å². The van der Waals surface area contributed by atoms with E-state index < -0.39 is 54.6 Å². The van der Waals surface area contributed by atoms with Gasteiger partial charge in [0.15, 0.2) is 0 Å². The lowest BCUT2D eigenvalue weighted by Crippen LogP contribution is -2.55. The highest BCUT2D eigenvalue weighted by Gasteiger charge is 2.39. The average Bonchev–Trinajstić information content (AvgIpc) is 1.77. The molecule has 0 radical (unpaired) electrons. The molecule has 2 aliphatic heterocycles. The molecule has 91 heavy (non-hydrogen) atoms. The molecule has 1 saturated heterocycles. The minimum absolute atomic E-state index is 0.0552. The molecule has 10 rings (SSSR count). The van der Waals surface area contributed by atoms with E-state index in [1.807, 2.05) is 117 Å². The Bertz CT molecular complexity index is 3710. The maximum atomic E-state index is 14.6. The molecule has 0 aromatic heterocycles. The van der Waals surface area contributed by atoms with Crippen molar-refractivity contribution in [3.63, 3.8) is 0 Å². The summed E-state index contributed by atoms with van der Waals surface area (Å²) in [6.07, 6.45) is -0.645. The lowest BCUT2D eigenvalue weighted by molar-refractivity contribution is -0.139. The highest BCUT2D eigenvalue weighted by atomic mass is 16.6. The van der Waals surface area contributed by atoms with Crippen molar-refractivity contribution < 1.29 is 52.6 Å². The topological polar surface area (TPSA) is 249 Å². The molecule has 21 heteroatoms.